The van der Waals surface area contributed by atoms with Crippen LogP contribution < -0.4 is 10.6 Å². The van der Waals surface area contributed by atoms with Crippen LogP contribution in [0.1, 0.15) is 18.7 Å². The second-order valence-electron chi connectivity index (χ2n) is 5.39. The van der Waals surface area contributed by atoms with Gasteiger partial charge in [-0.25, -0.2) is 4.98 Å². The summed E-state index contributed by atoms with van der Waals surface area (Å²) in [5.41, 5.74) is 0. The molecule has 0 aromatic carbocycles. The Bertz CT molecular complexity index is 513. The predicted octanol–water partition coefficient (Wildman–Crippen LogP) is -1.00. The van der Waals surface area contributed by atoms with Crippen LogP contribution in [0.3, 0.4) is 0 Å². The lowest BCUT2D eigenvalue weighted by Crippen LogP contribution is -2.58. The van der Waals surface area contributed by atoms with Crippen molar-refractivity contribution in [3.63, 3.8) is 0 Å². The first kappa shape index (κ1) is 13.1. The fourth-order valence-corrected chi connectivity index (χ4v) is 2.42. The summed E-state index contributed by atoms with van der Waals surface area (Å²) in [7, 11) is 1.93. The second-order valence-corrected chi connectivity index (χ2v) is 5.39. The first-order valence-electron chi connectivity index (χ1n) is 6.92. The number of rotatable bonds is 4. The van der Waals surface area contributed by atoms with E-state index in [1.807, 2.05) is 22.7 Å². The number of hydrogen-bond acceptors (Lipinski definition) is 4. The molecule has 2 fully saturated rings. The average molecular weight is 277 g/mol. The molecule has 2 N–H and O–H groups in total. The van der Waals surface area contributed by atoms with Gasteiger partial charge in [-0.1, -0.05) is 0 Å². The summed E-state index contributed by atoms with van der Waals surface area (Å²) in [5.74, 6) is 0.872. The van der Waals surface area contributed by atoms with E-state index in [4.69, 9.17) is 0 Å². The van der Waals surface area contributed by atoms with Gasteiger partial charge in [-0.05, 0) is 12.8 Å². The molecule has 1 aliphatic heterocycles. The topological polar surface area (TPSA) is 79.3 Å². The Morgan fingerprint density at radius 1 is 1.55 bits per heavy atom. The number of aromatic nitrogens is 2. The maximum absolute atomic E-state index is 12.6. The van der Waals surface area contributed by atoms with Crippen molar-refractivity contribution in [2.24, 2.45) is 7.05 Å². The minimum absolute atomic E-state index is 0.0514. The van der Waals surface area contributed by atoms with E-state index in [1.165, 1.54) is 0 Å². The molecule has 0 radical (unpaired) electrons. The first-order chi connectivity index (χ1) is 9.65. The Hall–Kier alpha value is -1.89. The molecule has 2 amide bonds. The fourth-order valence-electron chi connectivity index (χ4n) is 2.42. The molecule has 1 aromatic heterocycles. The highest BCUT2D eigenvalue weighted by molar-refractivity contribution is 5.87. The second kappa shape index (κ2) is 5.24. The van der Waals surface area contributed by atoms with Crippen LogP contribution in [0.4, 0.5) is 0 Å². The zero-order valence-electron chi connectivity index (χ0n) is 11.5. The molecule has 0 bridgehead atoms. The van der Waals surface area contributed by atoms with Gasteiger partial charge in [0.15, 0.2) is 0 Å². The van der Waals surface area contributed by atoms with E-state index < -0.39 is 0 Å². The number of piperazine rings is 1. The molecular weight excluding hydrogens is 258 g/mol. The summed E-state index contributed by atoms with van der Waals surface area (Å²) >= 11 is 0. The number of aryl methyl sites for hydroxylation is 1. The maximum atomic E-state index is 12.6. The van der Waals surface area contributed by atoms with Crippen molar-refractivity contribution in [2.75, 3.05) is 13.1 Å². The summed E-state index contributed by atoms with van der Waals surface area (Å²) in [4.78, 5) is 29.9. The Balaban J connectivity index is 1.69. The summed E-state index contributed by atoms with van der Waals surface area (Å²) < 4.78 is 1.93. The van der Waals surface area contributed by atoms with Crippen molar-refractivity contribution in [1.29, 1.82) is 0 Å². The van der Waals surface area contributed by atoms with E-state index in [0.717, 1.165) is 18.7 Å². The Morgan fingerprint density at radius 2 is 2.35 bits per heavy atom. The van der Waals surface area contributed by atoms with Crippen molar-refractivity contribution in [2.45, 2.75) is 31.5 Å². The van der Waals surface area contributed by atoms with E-state index in [2.05, 4.69) is 15.6 Å². The average Bonchev–Trinajstić information content (AvgIpc) is 3.20. The van der Waals surface area contributed by atoms with Crippen LogP contribution in [0.2, 0.25) is 0 Å². The van der Waals surface area contributed by atoms with Gasteiger partial charge in [0.25, 0.3) is 0 Å². The molecule has 3 rings (SSSR count). The van der Waals surface area contributed by atoms with E-state index in [-0.39, 0.29) is 24.4 Å². The predicted molar refractivity (Wildman–Crippen MR) is 71.6 cm³/mol. The fraction of sp³-hybridized carbons (Fsp3) is 0.615. The molecular formula is C13H19N5O2. The molecule has 0 spiro atoms. The normalized spacial score (nSPS) is 22.4. The lowest BCUT2D eigenvalue weighted by molar-refractivity contribution is -0.136. The van der Waals surface area contributed by atoms with Crippen LogP contribution in [0.15, 0.2) is 12.4 Å². The van der Waals surface area contributed by atoms with Crippen LogP contribution in [-0.2, 0) is 23.2 Å². The number of imidazole rings is 1. The molecule has 1 saturated heterocycles. The van der Waals surface area contributed by atoms with Gasteiger partial charge in [0.1, 0.15) is 11.9 Å². The van der Waals surface area contributed by atoms with Crippen LogP contribution >= 0.6 is 0 Å². The third-order valence-corrected chi connectivity index (χ3v) is 3.81. The van der Waals surface area contributed by atoms with Gasteiger partial charge in [0, 0.05) is 32.0 Å². The van der Waals surface area contributed by atoms with Crippen LogP contribution in [0.5, 0.6) is 0 Å². The molecule has 1 aliphatic carbocycles. The van der Waals surface area contributed by atoms with Crippen molar-refractivity contribution >= 4 is 11.8 Å². The van der Waals surface area contributed by atoms with Gasteiger partial charge in [0.2, 0.25) is 11.8 Å². The molecule has 1 saturated carbocycles. The van der Waals surface area contributed by atoms with Crippen molar-refractivity contribution in [3.8, 4) is 0 Å². The Kier molecular flexibility index (Phi) is 3.43. The van der Waals surface area contributed by atoms with Crippen molar-refractivity contribution in [1.82, 2.24) is 25.1 Å². The van der Waals surface area contributed by atoms with E-state index in [1.54, 1.807) is 6.20 Å². The summed E-state index contributed by atoms with van der Waals surface area (Å²) in [5, 5.41) is 5.72. The highest BCUT2D eigenvalue weighted by Crippen LogP contribution is 2.28. The highest BCUT2D eigenvalue weighted by Gasteiger charge is 2.37. The number of amides is 2. The maximum Gasteiger partial charge on any atom is 0.242 e. The van der Waals surface area contributed by atoms with Gasteiger partial charge < -0.3 is 14.8 Å². The van der Waals surface area contributed by atoms with Gasteiger partial charge in [-0.15, -0.1) is 0 Å². The minimum Gasteiger partial charge on any atom is -0.353 e. The standard InChI is InChI=1S/C13H19N5O2/c1-17-5-4-14-11(17)8-18(9-2-3-9)13(20)10-6-16-12(19)7-15-10/h4-5,9-10,15H,2-3,6-8H2,1H3,(H,16,19). The van der Waals surface area contributed by atoms with Gasteiger partial charge in [0.05, 0.1) is 13.1 Å². The molecule has 20 heavy (non-hydrogen) atoms. The lowest BCUT2D eigenvalue weighted by atomic mass is 10.2. The van der Waals surface area contributed by atoms with E-state index in [9.17, 15) is 9.59 Å². The molecule has 7 nitrogen and oxygen atoms in total. The number of carbonyl (C=O) groups excluding carboxylic acids is 2. The largest absolute Gasteiger partial charge is 0.353 e. The first-order valence-corrected chi connectivity index (χ1v) is 6.92. The molecule has 1 unspecified atom stereocenters. The van der Waals surface area contributed by atoms with Gasteiger partial charge in [-0.2, -0.15) is 0 Å². The molecule has 7 heteroatoms. The molecule has 2 heterocycles. The summed E-state index contributed by atoms with van der Waals surface area (Å²) in [6, 6.07) is -0.00723. The summed E-state index contributed by atoms with van der Waals surface area (Å²) in [6.45, 7) is 1.10. The van der Waals surface area contributed by atoms with E-state index >= 15 is 0 Å². The van der Waals surface area contributed by atoms with Crippen LogP contribution in [0.25, 0.3) is 0 Å². The number of hydrogen-bond donors (Lipinski definition) is 2. The molecule has 2 aliphatic rings. The van der Waals surface area contributed by atoms with Crippen LogP contribution in [-0.4, -0.2) is 51.4 Å². The van der Waals surface area contributed by atoms with Crippen LogP contribution in [0, 0.1) is 0 Å². The Morgan fingerprint density at radius 3 is 2.90 bits per heavy atom. The van der Waals surface area contributed by atoms with Crippen molar-refractivity contribution in [3.05, 3.63) is 18.2 Å². The molecule has 1 aromatic rings. The zero-order valence-corrected chi connectivity index (χ0v) is 11.5. The number of carbonyl (C=O) groups is 2. The minimum atomic E-state index is -0.325. The van der Waals surface area contributed by atoms with Gasteiger partial charge >= 0.3 is 0 Å². The van der Waals surface area contributed by atoms with Crippen molar-refractivity contribution < 1.29 is 9.59 Å². The van der Waals surface area contributed by atoms with E-state index in [0.29, 0.717) is 19.1 Å². The highest BCUT2D eigenvalue weighted by atomic mass is 16.2. The zero-order chi connectivity index (χ0) is 14.1. The molecule has 108 valence electrons. The lowest BCUT2D eigenvalue weighted by Gasteiger charge is -2.30. The monoisotopic (exact) mass is 277 g/mol. The quantitative estimate of drug-likeness (QED) is 0.740. The smallest absolute Gasteiger partial charge is 0.242 e. The third-order valence-electron chi connectivity index (χ3n) is 3.81. The van der Waals surface area contributed by atoms with Gasteiger partial charge in [-0.3, -0.25) is 14.9 Å². The molecule has 1 atom stereocenters. The SMILES string of the molecule is Cn1ccnc1CN(C(=O)C1CNC(=O)CN1)C1CC1. The third kappa shape index (κ3) is 2.67. The Labute approximate surface area is 117 Å². The summed E-state index contributed by atoms with van der Waals surface area (Å²) in [6.07, 6.45) is 5.72. The number of nitrogens with one attached hydrogen (secondary N) is 2. The number of nitrogens with zero attached hydrogens (tertiary/aromatic N) is 3.